The van der Waals surface area contributed by atoms with Crippen LogP contribution in [0.15, 0.2) is 0 Å². The van der Waals surface area contributed by atoms with E-state index in [0.29, 0.717) is 6.54 Å². The third-order valence-electron chi connectivity index (χ3n) is 3.03. The molecule has 0 fully saturated rings. The van der Waals surface area contributed by atoms with Crippen LogP contribution < -0.4 is 11.1 Å². The number of hydrogen-bond donors (Lipinski definition) is 2. The first kappa shape index (κ1) is 16.9. The first-order chi connectivity index (χ1) is 7.97. The summed E-state index contributed by atoms with van der Waals surface area (Å²) in [4.78, 5) is 11.7. The van der Waals surface area contributed by atoms with E-state index >= 15 is 0 Å². The minimum Gasteiger partial charge on any atom is -0.351 e. The molecule has 1 atom stereocenters. The predicted molar refractivity (Wildman–Crippen MR) is 74.7 cm³/mol. The third kappa shape index (κ3) is 3.99. The molecule has 6 heteroatoms. The molecule has 0 aliphatic rings. The van der Waals surface area contributed by atoms with Gasteiger partial charge in [-0.05, 0) is 20.3 Å². The van der Waals surface area contributed by atoms with Gasteiger partial charge in [0, 0.05) is 24.8 Å². The number of carbonyl (C=O) groups excluding carboxylic acids is 1. The van der Waals surface area contributed by atoms with Crippen molar-refractivity contribution in [3.8, 4) is 0 Å². The number of aromatic nitrogens is 2. The van der Waals surface area contributed by atoms with Crippen LogP contribution >= 0.6 is 12.4 Å². The lowest BCUT2D eigenvalue weighted by Gasteiger charge is -2.11. The topological polar surface area (TPSA) is 72.9 Å². The molecule has 3 N–H and O–H groups in total. The van der Waals surface area contributed by atoms with Crippen LogP contribution in [-0.2, 0) is 18.4 Å². The van der Waals surface area contributed by atoms with E-state index in [2.05, 4.69) is 10.4 Å². The van der Waals surface area contributed by atoms with Gasteiger partial charge in [0.1, 0.15) is 0 Å². The molecule has 0 saturated heterocycles. The van der Waals surface area contributed by atoms with E-state index in [1.807, 2.05) is 32.5 Å². The number of nitrogens with one attached hydrogen (secondary N) is 1. The second kappa shape index (κ2) is 7.38. The number of nitrogens with two attached hydrogens (primary N) is 1. The first-order valence-electron chi connectivity index (χ1n) is 5.99. The monoisotopic (exact) mass is 274 g/mol. The fourth-order valence-electron chi connectivity index (χ4n) is 1.82. The first-order valence-corrected chi connectivity index (χ1v) is 5.99. The van der Waals surface area contributed by atoms with Crippen molar-refractivity contribution >= 4 is 18.3 Å². The number of hydrogen-bond acceptors (Lipinski definition) is 3. The quantitative estimate of drug-likeness (QED) is 0.847. The molecule has 0 radical (unpaired) electrons. The van der Waals surface area contributed by atoms with Crippen molar-refractivity contribution in [1.82, 2.24) is 15.1 Å². The highest BCUT2D eigenvalue weighted by molar-refractivity contribution is 5.85. The minimum absolute atomic E-state index is 0. The SMILES string of the molecule is CCCC(N)C(=O)NCc1c(C)nn(C)c1C.Cl. The Kier molecular flexibility index (Phi) is 6.94. The van der Waals surface area contributed by atoms with E-state index in [4.69, 9.17) is 5.73 Å². The van der Waals surface area contributed by atoms with E-state index in [1.165, 1.54) is 0 Å². The average molecular weight is 275 g/mol. The molecule has 0 saturated carbocycles. The zero-order valence-corrected chi connectivity index (χ0v) is 12.3. The summed E-state index contributed by atoms with van der Waals surface area (Å²) >= 11 is 0. The molecule has 1 amide bonds. The molecule has 104 valence electrons. The summed E-state index contributed by atoms with van der Waals surface area (Å²) in [6, 6.07) is -0.405. The summed E-state index contributed by atoms with van der Waals surface area (Å²) < 4.78 is 1.82. The van der Waals surface area contributed by atoms with Crippen molar-refractivity contribution in [1.29, 1.82) is 0 Å². The van der Waals surface area contributed by atoms with Gasteiger partial charge in [0.05, 0.1) is 11.7 Å². The lowest BCUT2D eigenvalue weighted by Crippen LogP contribution is -2.40. The highest BCUT2D eigenvalue weighted by atomic mass is 35.5. The van der Waals surface area contributed by atoms with Gasteiger partial charge in [-0.3, -0.25) is 9.48 Å². The van der Waals surface area contributed by atoms with Crippen LogP contribution in [0.5, 0.6) is 0 Å². The molecule has 1 rings (SSSR count). The Bertz CT molecular complexity index is 403. The number of aryl methyl sites for hydroxylation is 2. The van der Waals surface area contributed by atoms with E-state index in [9.17, 15) is 4.79 Å². The van der Waals surface area contributed by atoms with Gasteiger partial charge in [0.15, 0.2) is 0 Å². The zero-order chi connectivity index (χ0) is 13.0. The molecular formula is C12H23ClN4O. The zero-order valence-electron chi connectivity index (χ0n) is 11.5. The molecule has 0 spiro atoms. The van der Waals surface area contributed by atoms with Crippen molar-refractivity contribution < 1.29 is 4.79 Å². The van der Waals surface area contributed by atoms with Crippen LogP contribution in [-0.4, -0.2) is 21.7 Å². The number of halogens is 1. The van der Waals surface area contributed by atoms with Gasteiger partial charge >= 0.3 is 0 Å². The van der Waals surface area contributed by atoms with Crippen molar-refractivity contribution in [3.05, 3.63) is 17.0 Å². The maximum atomic E-state index is 11.7. The Morgan fingerprint density at radius 1 is 1.50 bits per heavy atom. The summed E-state index contributed by atoms with van der Waals surface area (Å²) in [5.41, 5.74) is 8.84. The van der Waals surface area contributed by atoms with Gasteiger partial charge < -0.3 is 11.1 Å². The second-order valence-corrected chi connectivity index (χ2v) is 4.39. The Morgan fingerprint density at radius 2 is 2.11 bits per heavy atom. The number of rotatable bonds is 5. The third-order valence-corrected chi connectivity index (χ3v) is 3.03. The normalized spacial score (nSPS) is 11.8. The molecular weight excluding hydrogens is 252 g/mol. The molecule has 1 heterocycles. The number of nitrogens with zero attached hydrogens (tertiary/aromatic N) is 2. The molecule has 1 aromatic heterocycles. The van der Waals surface area contributed by atoms with Gasteiger partial charge in [-0.2, -0.15) is 5.10 Å². The molecule has 1 unspecified atom stereocenters. The van der Waals surface area contributed by atoms with Crippen LogP contribution in [0.1, 0.15) is 36.7 Å². The lowest BCUT2D eigenvalue weighted by atomic mass is 10.1. The summed E-state index contributed by atoms with van der Waals surface area (Å²) in [6.45, 7) is 6.46. The molecule has 0 aliphatic carbocycles. The second-order valence-electron chi connectivity index (χ2n) is 4.39. The van der Waals surface area contributed by atoms with Gasteiger partial charge in [-0.15, -0.1) is 12.4 Å². The Balaban J connectivity index is 0.00000289. The summed E-state index contributed by atoms with van der Waals surface area (Å²) in [5, 5.41) is 7.17. The molecule has 5 nitrogen and oxygen atoms in total. The van der Waals surface area contributed by atoms with Crippen molar-refractivity contribution in [2.24, 2.45) is 12.8 Å². The fraction of sp³-hybridized carbons (Fsp3) is 0.667. The van der Waals surface area contributed by atoms with Crippen LogP contribution in [0.2, 0.25) is 0 Å². The Morgan fingerprint density at radius 3 is 2.56 bits per heavy atom. The highest BCUT2D eigenvalue weighted by Crippen LogP contribution is 2.11. The van der Waals surface area contributed by atoms with Crippen LogP contribution in [0.25, 0.3) is 0 Å². The lowest BCUT2D eigenvalue weighted by molar-refractivity contribution is -0.122. The fourth-order valence-corrected chi connectivity index (χ4v) is 1.82. The molecule has 0 aromatic carbocycles. The summed E-state index contributed by atoms with van der Waals surface area (Å²) in [5.74, 6) is -0.0884. The Hall–Kier alpha value is -1.07. The van der Waals surface area contributed by atoms with Crippen LogP contribution in [0.4, 0.5) is 0 Å². The van der Waals surface area contributed by atoms with Gasteiger partial charge in [-0.1, -0.05) is 13.3 Å². The molecule has 18 heavy (non-hydrogen) atoms. The number of carbonyl (C=O) groups is 1. The average Bonchev–Trinajstić information content (AvgIpc) is 2.51. The molecule has 0 aliphatic heterocycles. The standard InChI is InChI=1S/C12H22N4O.ClH/c1-5-6-11(13)12(17)14-7-10-8(2)15-16(4)9(10)3;/h11H,5-7,13H2,1-4H3,(H,14,17);1H. The predicted octanol–water partition coefficient (Wildman–Crippen LogP) is 1.20. The highest BCUT2D eigenvalue weighted by Gasteiger charge is 2.14. The summed E-state index contributed by atoms with van der Waals surface area (Å²) in [7, 11) is 1.90. The van der Waals surface area contributed by atoms with Crippen molar-refractivity contribution in [2.75, 3.05) is 0 Å². The smallest absolute Gasteiger partial charge is 0.237 e. The van der Waals surface area contributed by atoms with Crippen LogP contribution in [0.3, 0.4) is 0 Å². The van der Waals surface area contributed by atoms with Gasteiger partial charge in [0.25, 0.3) is 0 Å². The van der Waals surface area contributed by atoms with E-state index in [1.54, 1.807) is 0 Å². The Labute approximate surface area is 115 Å². The van der Waals surface area contributed by atoms with Crippen LogP contribution in [0, 0.1) is 13.8 Å². The number of amides is 1. The summed E-state index contributed by atoms with van der Waals surface area (Å²) in [6.07, 6.45) is 1.64. The van der Waals surface area contributed by atoms with E-state index in [0.717, 1.165) is 29.8 Å². The largest absolute Gasteiger partial charge is 0.351 e. The van der Waals surface area contributed by atoms with E-state index < -0.39 is 6.04 Å². The maximum absolute atomic E-state index is 11.7. The molecule has 0 bridgehead atoms. The molecule has 1 aromatic rings. The minimum atomic E-state index is -0.405. The van der Waals surface area contributed by atoms with Crippen molar-refractivity contribution in [3.63, 3.8) is 0 Å². The van der Waals surface area contributed by atoms with Gasteiger partial charge in [0.2, 0.25) is 5.91 Å². The van der Waals surface area contributed by atoms with E-state index in [-0.39, 0.29) is 18.3 Å². The van der Waals surface area contributed by atoms with Gasteiger partial charge in [-0.25, -0.2) is 0 Å². The maximum Gasteiger partial charge on any atom is 0.237 e. The van der Waals surface area contributed by atoms with Crippen molar-refractivity contribution in [2.45, 2.75) is 46.2 Å².